The van der Waals surface area contributed by atoms with Gasteiger partial charge in [-0.15, -0.1) is 0 Å². The summed E-state index contributed by atoms with van der Waals surface area (Å²) >= 11 is 0. The predicted molar refractivity (Wildman–Crippen MR) is 73.6 cm³/mol. The molecule has 0 saturated carbocycles. The Morgan fingerprint density at radius 2 is 2.05 bits per heavy atom. The second-order valence-corrected chi connectivity index (χ2v) is 6.60. The standard InChI is InChI=1S/C13H20FNO3S/c1-3-7-19(16,17)8-6-18-13-5-4-11(10-15-2)9-12(13)14/h4-5,9,15H,3,6-8,10H2,1-2H3. The van der Waals surface area contributed by atoms with Crippen LogP contribution in [-0.4, -0.2) is 33.6 Å². The maximum absolute atomic E-state index is 13.6. The van der Waals surface area contributed by atoms with E-state index in [9.17, 15) is 12.8 Å². The van der Waals surface area contributed by atoms with Gasteiger partial charge in [-0.2, -0.15) is 0 Å². The zero-order valence-electron chi connectivity index (χ0n) is 11.3. The van der Waals surface area contributed by atoms with E-state index in [2.05, 4.69) is 5.32 Å². The number of hydrogen-bond acceptors (Lipinski definition) is 4. The molecule has 0 spiro atoms. The molecule has 0 atom stereocenters. The number of hydrogen-bond donors (Lipinski definition) is 1. The van der Waals surface area contributed by atoms with Crippen LogP contribution in [0.3, 0.4) is 0 Å². The first-order valence-electron chi connectivity index (χ1n) is 6.24. The van der Waals surface area contributed by atoms with Crippen LogP contribution in [0.1, 0.15) is 18.9 Å². The molecule has 0 heterocycles. The minimum absolute atomic E-state index is 0.0232. The Morgan fingerprint density at radius 3 is 2.63 bits per heavy atom. The van der Waals surface area contributed by atoms with Gasteiger partial charge in [-0.05, 0) is 31.2 Å². The number of sulfone groups is 1. The molecule has 1 N–H and O–H groups in total. The molecule has 0 aliphatic heterocycles. The first kappa shape index (κ1) is 15.9. The molecule has 0 fully saturated rings. The Kier molecular flexibility index (Phi) is 6.24. The fourth-order valence-corrected chi connectivity index (χ4v) is 2.83. The summed E-state index contributed by atoms with van der Waals surface area (Å²) in [5.41, 5.74) is 0.811. The quantitative estimate of drug-likeness (QED) is 0.792. The average Bonchev–Trinajstić information content (AvgIpc) is 2.32. The van der Waals surface area contributed by atoms with E-state index in [0.717, 1.165) is 5.56 Å². The molecule has 0 aromatic heterocycles. The molecule has 6 heteroatoms. The van der Waals surface area contributed by atoms with E-state index in [1.54, 1.807) is 20.0 Å². The van der Waals surface area contributed by atoms with E-state index in [1.807, 2.05) is 0 Å². The smallest absolute Gasteiger partial charge is 0.165 e. The summed E-state index contributed by atoms with van der Waals surface area (Å²) in [5, 5.41) is 2.92. The summed E-state index contributed by atoms with van der Waals surface area (Å²) in [6, 6.07) is 4.65. The Morgan fingerprint density at radius 1 is 1.32 bits per heavy atom. The number of ether oxygens (including phenoxy) is 1. The molecule has 0 unspecified atom stereocenters. The summed E-state index contributed by atoms with van der Waals surface area (Å²) in [4.78, 5) is 0. The Hall–Kier alpha value is -1.14. The van der Waals surface area contributed by atoms with Crippen LogP contribution in [0.25, 0.3) is 0 Å². The van der Waals surface area contributed by atoms with Gasteiger partial charge in [0.05, 0.1) is 11.5 Å². The van der Waals surface area contributed by atoms with Gasteiger partial charge < -0.3 is 10.1 Å². The maximum Gasteiger partial charge on any atom is 0.165 e. The highest BCUT2D eigenvalue weighted by atomic mass is 32.2. The highest BCUT2D eigenvalue weighted by Gasteiger charge is 2.11. The van der Waals surface area contributed by atoms with Crippen LogP contribution in [0.2, 0.25) is 0 Å². The molecule has 1 aromatic carbocycles. The van der Waals surface area contributed by atoms with E-state index in [4.69, 9.17) is 4.74 Å². The van der Waals surface area contributed by atoms with Gasteiger partial charge >= 0.3 is 0 Å². The van der Waals surface area contributed by atoms with Crippen molar-refractivity contribution in [3.05, 3.63) is 29.6 Å². The van der Waals surface area contributed by atoms with Crippen molar-refractivity contribution in [2.75, 3.05) is 25.2 Å². The van der Waals surface area contributed by atoms with Crippen LogP contribution in [0.5, 0.6) is 5.75 Å². The summed E-state index contributed by atoms with van der Waals surface area (Å²) in [5.74, 6) is -0.328. The van der Waals surface area contributed by atoms with Crippen molar-refractivity contribution >= 4 is 9.84 Å². The number of halogens is 1. The topological polar surface area (TPSA) is 55.4 Å². The Bertz CT molecular complexity index is 503. The van der Waals surface area contributed by atoms with Gasteiger partial charge in [0.15, 0.2) is 21.4 Å². The average molecular weight is 289 g/mol. The molecule has 0 saturated heterocycles. The summed E-state index contributed by atoms with van der Waals surface area (Å²) in [6.45, 7) is 2.35. The zero-order chi connectivity index (χ0) is 14.3. The van der Waals surface area contributed by atoms with Crippen LogP contribution in [0.15, 0.2) is 18.2 Å². The van der Waals surface area contributed by atoms with Crippen molar-refractivity contribution in [2.24, 2.45) is 0 Å². The molecule has 1 rings (SSSR count). The molecule has 19 heavy (non-hydrogen) atoms. The van der Waals surface area contributed by atoms with Gasteiger partial charge in [-0.25, -0.2) is 12.8 Å². The molecule has 0 bridgehead atoms. The Balaban J connectivity index is 2.54. The van der Waals surface area contributed by atoms with Crippen molar-refractivity contribution in [3.63, 3.8) is 0 Å². The maximum atomic E-state index is 13.6. The molecule has 0 aliphatic rings. The second kappa shape index (κ2) is 7.45. The van der Waals surface area contributed by atoms with E-state index < -0.39 is 15.7 Å². The minimum atomic E-state index is -3.09. The summed E-state index contributed by atoms with van der Waals surface area (Å²) < 4.78 is 41.7. The van der Waals surface area contributed by atoms with Crippen molar-refractivity contribution in [2.45, 2.75) is 19.9 Å². The van der Waals surface area contributed by atoms with Crippen molar-refractivity contribution < 1.29 is 17.5 Å². The van der Waals surface area contributed by atoms with Gasteiger partial charge in [-0.1, -0.05) is 13.0 Å². The monoisotopic (exact) mass is 289 g/mol. The lowest BCUT2D eigenvalue weighted by atomic mass is 10.2. The molecule has 108 valence electrons. The lowest BCUT2D eigenvalue weighted by Gasteiger charge is -2.09. The third-order valence-electron chi connectivity index (χ3n) is 2.54. The van der Waals surface area contributed by atoms with E-state index >= 15 is 0 Å². The molecular formula is C13H20FNO3S. The van der Waals surface area contributed by atoms with Gasteiger partial charge in [0.1, 0.15) is 6.61 Å². The van der Waals surface area contributed by atoms with Gasteiger partial charge in [0.2, 0.25) is 0 Å². The number of nitrogens with one attached hydrogen (secondary N) is 1. The highest BCUT2D eigenvalue weighted by molar-refractivity contribution is 7.91. The SMILES string of the molecule is CCCS(=O)(=O)CCOc1ccc(CNC)cc1F. The zero-order valence-corrected chi connectivity index (χ0v) is 12.1. The largest absolute Gasteiger partial charge is 0.489 e. The van der Waals surface area contributed by atoms with E-state index in [1.165, 1.54) is 12.1 Å². The molecule has 0 amide bonds. The first-order chi connectivity index (χ1) is 8.98. The fraction of sp³-hybridized carbons (Fsp3) is 0.538. The number of rotatable bonds is 8. The normalized spacial score (nSPS) is 11.5. The van der Waals surface area contributed by atoms with E-state index in [-0.39, 0.29) is 23.9 Å². The van der Waals surface area contributed by atoms with Crippen LogP contribution in [0, 0.1) is 5.82 Å². The Labute approximate surface area is 113 Å². The second-order valence-electron chi connectivity index (χ2n) is 4.30. The van der Waals surface area contributed by atoms with Gasteiger partial charge in [0, 0.05) is 6.54 Å². The first-order valence-corrected chi connectivity index (χ1v) is 8.07. The van der Waals surface area contributed by atoms with Crippen LogP contribution in [0.4, 0.5) is 4.39 Å². The third-order valence-corrected chi connectivity index (χ3v) is 4.36. The summed E-state index contributed by atoms with van der Waals surface area (Å²) in [6.07, 6.45) is 0.579. The third kappa shape index (κ3) is 5.57. The number of benzene rings is 1. The lowest BCUT2D eigenvalue weighted by molar-refractivity contribution is 0.322. The molecule has 0 radical (unpaired) electrons. The van der Waals surface area contributed by atoms with Gasteiger partial charge in [-0.3, -0.25) is 0 Å². The minimum Gasteiger partial charge on any atom is -0.489 e. The van der Waals surface area contributed by atoms with Crippen molar-refractivity contribution in [1.82, 2.24) is 5.32 Å². The van der Waals surface area contributed by atoms with Crippen molar-refractivity contribution in [1.29, 1.82) is 0 Å². The van der Waals surface area contributed by atoms with Crippen LogP contribution < -0.4 is 10.1 Å². The van der Waals surface area contributed by atoms with Crippen LogP contribution >= 0.6 is 0 Å². The highest BCUT2D eigenvalue weighted by Crippen LogP contribution is 2.18. The molecule has 4 nitrogen and oxygen atoms in total. The van der Waals surface area contributed by atoms with Crippen LogP contribution in [-0.2, 0) is 16.4 Å². The molecule has 0 aliphatic carbocycles. The lowest BCUT2D eigenvalue weighted by Crippen LogP contribution is -2.17. The fourth-order valence-electron chi connectivity index (χ4n) is 1.67. The van der Waals surface area contributed by atoms with Crippen molar-refractivity contribution in [3.8, 4) is 5.75 Å². The molecular weight excluding hydrogens is 269 g/mol. The predicted octanol–water partition coefficient (Wildman–Crippen LogP) is 1.75. The van der Waals surface area contributed by atoms with E-state index in [0.29, 0.717) is 13.0 Å². The van der Waals surface area contributed by atoms with Gasteiger partial charge in [0.25, 0.3) is 0 Å². The molecule has 1 aromatic rings. The summed E-state index contributed by atoms with van der Waals surface area (Å²) in [7, 11) is -1.31.